The Bertz CT molecular complexity index is 1040. The molecule has 1 aromatic carbocycles. The molecule has 3 rings (SSSR count). The van der Waals surface area contributed by atoms with Gasteiger partial charge in [-0.05, 0) is 37.6 Å². The van der Waals surface area contributed by atoms with E-state index < -0.39 is 17.4 Å². The van der Waals surface area contributed by atoms with Gasteiger partial charge in [-0.15, -0.1) is 0 Å². The Labute approximate surface area is 154 Å². The standard InChI is InChI=1S/C19H17N3O5/c1-3-26-19(25)17-13(20-18(24)15-9-6-10-27-15)11-16(23)22(21-17)14-8-5-4-7-12(14)2/h4-11H,3H2,1-2H3,(H,20,24). The lowest BCUT2D eigenvalue weighted by atomic mass is 10.2. The SMILES string of the molecule is CCOC(=O)c1nn(-c2ccccc2C)c(=O)cc1NC(=O)c1ccco1. The molecule has 8 nitrogen and oxygen atoms in total. The second-order valence-electron chi connectivity index (χ2n) is 5.60. The number of carbonyl (C=O) groups is 2. The zero-order valence-corrected chi connectivity index (χ0v) is 14.8. The molecule has 1 N–H and O–H groups in total. The minimum Gasteiger partial charge on any atom is -0.461 e. The Morgan fingerprint density at radius 1 is 1.22 bits per heavy atom. The number of hydrogen-bond acceptors (Lipinski definition) is 6. The molecular formula is C19H17N3O5. The van der Waals surface area contributed by atoms with E-state index in [2.05, 4.69) is 10.4 Å². The zero-order chi connectivity index (χ0) is 19.4. The molecular weight excluding hydrogens is 350 g/mol. The molecule has 0 fully saturated rings. The summed E-state index contributed by atoms with van der Waals surface area (Å²) in [6, 6.07) is 11.3. The van der Waals surface area contributed by atoms with Crippen LogP contribution in [0.4, 0.5) is 5.69 Å². The van der Waals surface area contributed by atoms with Gasteiger partial charge in [0.05, 0.1) is 24.2 Å². The number of carbonyl (C=O) groups excluding carboxylic acids is 2. The first-order chi connectivity index (χ1) is 13.0. The highest BCUT2D eigenvalue weighted by molar-refractivity contribution is 6.05. The number of rotatable bonds is 5. The molecule has 0 aliphatic carbocycles. The van der Waals surface area contributed by atoms with Crippen LogP contribution in [0.3, 0.4) is 0 Å². The maximum Gasteiger partial charge on any atom is 0.360 e. The van der Waals surface area contributed by atoms with Gasteiger partial charge in [0.15, 0.2) is 11.5 Å². The van der Waals surface area contributed by atoms with Crippen LogP contribution in [-0.4, -0.2) is 28.3 Å². The molecule has 1 amide bonds. The number of anilines is 1. The molecule has 0 spiro atoms. The van der Waals surface area contributed by atoms with Crippen LogP contribution < -0.4 is 10.9 Å². The van der Waals surface area contributed by atoms with Gasteiger partial charge < -0.3 is 14.5 Å². The smallest absolute Gasteiger partial charge is 0.360 e. The van der Waals surface area contributed by atoms with Gasteiger partial charge in [0.25, 0.3) is 11.5 Å². The maximum atomic E-state index is 12.6. The van der Waals surface area contributed by atoms with E-state index in [4.69, 9.17) is 9.15 Å². The van der Waals surface area contributed by atoms with E-state index in [0.29, 0.717) is 5.69 Å². The van der Waals surface area contributed by atoms with Crippen LogP contribution in [0.15, 0.2) is 57.9 Å². The van der Waals surface area contributed by atoms with Gasteiger partial charge in [-0.2, -0.15) is 9.78 Å². The van der Waals surface area contributed by atoms with Crippen molar-refractivity contribution in [2.75, 3.05) is 11.9 Å². The number of nitrogens with one attached hydrogen (secondary N) is 1. The van der Waals surface area contributed by atoms with Crippen LogP contribution in [0.5, 0.6) is 0 Å². The highest BCUT2D eigenvalue weighted by Crippen LogP contribution is 2.17. The van der Waals surface area contributed by atoms with E-state index in [9.17, 15) is 14.4 Å². The molecule has 0 saturated carbocycles. The predicted molar refractivity (Wildman–Crippen MR) is 97.2 cm³/mol. The molecule has 0 aliphatic heterocycles. The van der Waals surface area contributed by atoms with E-state index in [-0.39, 0.29) is 23.7 Å². The van der Waals surface area contributed by atoms with Gasteiger partial charge in [0, 0.05) is 6.07 Å². The van der Waals surface area contributed by atoms with Gasteiger partial charge in [0.2, 0.25) is 0 Å². The Hall–Kier alpha value is -3.68. The summed E-state index contributed by atoms with van der Waals surface area (Å²) < 4.78 is 11.1. The molecule has 27 heavy (non-hydrogen) atoms. The van der Waals surface area contributed by atoms with Crippen molar-refractivity contribution in [1.82, 2.24) is 9.78 Å². The topological polar surface area (TPSA) is 103 Å². The summed E-state index contributed by atoms with van der Waals surface area (Å²) >= 11 is 0. The molecule has 2 heterocycles. The Kier molecular flexibility index (Phi) is 5.16. The summed E-state index contributed by atoms with van der Waals surface area (Å²) in [6.45, 7) is 3.59. The second-order valence-corrected chi connectivity index (χ2v) is 5.60. The van der Waals surface area contributed by atoms with Crippen LogP contribution in [0.2, 0.25) is 0 Å². The van der Waals surface area contributed by atoms with Crippen molar-refractivity contribution in [3.8, 4) is 5.69 Å². The third-order valence-electron chi connectivity index (χ3n) is 3.74. The fourth-order valence-corrected chi connectivity index (χ4v) is 2.47. The number of aromatic nitrogens is 2. The Morgan fingerprint density at radius 3 is 2.67 bits per heavy atom. The summed E-state index contributed by atoms with van der Waals surface area (Å²) in [5, 5.41) is 6.62. The largest absolute Gasteiger partial charge is 0.461 e. The number of amides is 1. The molecule has 138 valence electrons. The van der Waals surface area contributed by atoms with E-state index in [1.807, 2.05) is 19.1 Å². The second kappa shape index (κ2) is 7.69. The van der Waals surface area contributed by atoms with Crippen LogP contribution in [0.25, 0.3) is 5.69 Å². The minimum absolute atomic E-state index is 0.0351. The third-order valence-corrected chi connectivity index (χ3v) is 3.74. The molecule has 0 aliphatic rings. The van der Waals surface area contributed by atoms with Crippen molar-refractivity contribution in [3.05, 3.63) is 76.1 Å². The number of ether oxygens (including phenoxy) is 1. The Balaban J connectivity index is 2.09. The number of hydrogen-bond donors (Lipinski definition) is 1. The van der Waals surface area contributed by atoms with Crippen molar-refractivity contribution in [1.29, 1.82) is 0 Å². The summed E-state index contributed by atoms with van der Waals surface area (Å²) in [6.07, 6.45) is 1.34. The molecule has 2 aromatic heterocycles. The Morgan fingerprint density at radius 2 is 2.00 bits per heavy atom. The number of para-hydroxylation sites is 1. The van der Waals surface area contributed by atoms with E-state index in [1.165, 1.54) is 12.3 Å². The zero-order valence-electron chi connectivity index (χ0n) is 14.8. The fourth-order valence-electron chi connectivity index (χ4n) is 2.47. The maximum absolute atomic E-state index is 12.6. The first-order valence-corrected chi connectivity index (χ1v) is 8.23. The minimum atomic E-state index is -0.755. The first kappa shape index (κ1) is 18.1. The lowest BCUT2D eigenvalue weighted by Gasteiger charge is -2.13. The quantitative estimate of drug-likeness (QED) is 0.695. The van der Waals surface area contributed by atoms with Gasteiger partial charge in [-0.3, -0.25) is 9.59 Å². The molecule has 3 aromatic rings. The molecule has 0 bridgehead atoms. The van der Waals surface area contributed by atoms with E-state index in [0.717, 1.165) is 16.3 Å². The number of furan rings is 1. The van der Waals surface area contributed by atoms with Gasteiger partial charge in [-0.25, -0.2) is 4.79 Å². The monoisotopic (exact) mass is 367 g/mol. The van der Waals surface area contributed by atoms with Crippen molar-refractivity contribution < 1.29 is 18.7 Å². The number of nitrogens with zero attached hydrogens (tertiary/aromatic N) is 2. The lowest BCUT2D eigenvalue weighted by molar-refractivity contribution is 0.0518. The van der Waals surface area contributed by atoms with Gasteiger partial charge in [-0.1, -0.05) is 18.2 Å². The summed E-state index contributed by atoms with van der Waals surface area (Å²) in [5.74, 6) is -1.33. The fraction of sp³-hybridized carbons (Fsp3) is 0.158. The van der Waals surface area contributed by atoms with Crippen LogP contribution in [0.1, 0.15) is 33.5 Å². The highest BCUT2D eigenvalue weighted by Gasteiger charge is 2.21. The number of aryl methyl sites for hydroxylation is 1. The van der Waals surface area contributed by atoms with Crippen molar-refractivity contribution in [2.45, 2.75) is 13.8 Å². The van der Waals surface area contributed by atoms with Crippen molar-refractivity contribution in [2.24, 2.45) is 0 Å². The number of benzene rings is 1. The van der Waals surface area contributed by atoms with Crippen LogP contribution in [0, 0.1) is 6.92 Å². The first-order valence-electron chi connectivity index (χ1n) is 8.23. The van der Waals surface area contributed by atoms with Crippen LogP contribution >= 0.6 is 0 Å². The van der Waals surface area contributed by atoms with Gasteiger partial charge >= 0.3 is 5.97 Å². The normalized spacial score (nSPS) is 10.4. The molecule has 0 atom stereocenters. The third kappa shape index (κ3) is 3.79. The molecule has 0 radical (unpaired) electrons. The average Bonchev–Trinajstić information content (AvgIpc) is 3.18. The van der Waals surface area contributed by atoms with Crippen molar-refractivity contribution >= 4 is 17.6 Å². The van der Waals surface area contributed by atoms with Gasteiger partial charge in [0.1, 0.15) is 0 Å². The lowest BCUT2D eigenvalue weighted by Crippen LogP contribution is -2.27. The summed E-state index contributed by atoms with van der Waals surface area (Å²) in [5.41, 5.74) is 0.586. The molecule has 8 heteroatoms. The predicted octanol–water partition coefficient (Wildman–Crippen LogP) is 2.56. The van der Waals surface area contributed by atoms with Crippen LogP contribution in [-0.2, 0) is 4.74 Å². The van der Waals surface area contributed by atoms with E-state index >= 15 is 0 Å². The summed E-state index contributed by atoms with van der Waals surface area (Å²) in [7, 11) is 0. The molecule has 0 saturated heterocycles. The molecule has 0 unspecified atom stereocenters. The van der Waals surface area contributed by atoms with Crippen molar-refractivity contribution in [3.63, 3.8) is 0 Å². The average molecular weight is 367 g/mol. The number of esters is 1. The highest BCUT2D eigenvalue weighted by atomic mass is 16.5. The summed E-state index contributed by atoms with van der Waals surface area (Å²) in [4.78, 5) is 37.1. The van der Waals surface area contributed by atoms with E-state index in [1.54, 1.807) is 25.1 Å².